The van der Waals surface area contributed by atoms with E-state index in [0.29, 0.717) is 6.04 Å². The van der Waals surface area contributed by atoms with Crippen molar-refractivity contribution in [2.75, 3.05) is 6.54 Å². The van der Waals surface area contributed by atoms with E-state index in [1.54, 1.807) is 0 Å². The summed E-state index contributed by atoms with van der Waals surface area (Å²) in [5, 5.41) is 3.52. The van der Waals surface area contributed by atoms with Crippen LogP contribution in [0.1, 0.15) is 43.4 Å². The lowest BCUT2D eigenvalue weighted by atomic mass is 10.0. The molecule has 2 rings (SSSR count). The SMILES string of the molecule is CCCc1ccc(C2CCCN2)cc1. The van der Waals surface area contributed by atoms with Crippen LogP contribution in [-0.4, -0.2) is 6.54 Å². The Morgan fingerprint density at radius 3 is 2.64 bits per heavy atom. The summed E-state index contributed by atoms with van der Waals surface area (Å²) in [5.74, 6) is 0. The average Bonchev–Trinajstić information content (AvgIpc) is 2.72. The summed E-state index contributed by atoms with van der Waals surface area (Å²) in [4.78, 5) is 0. The van der Waals surface area contributed by atoms with Gasteiger partial charge < -0.3 is 5.32 Å². The Morgan fingerprint density at radius 2 is 2.07 bits per heavy atom. The molecule has 0 aliphatic carbocycles. The van der Waals surface area contributed by atoms with Gasteiger partial charge in [0.25, 0.3) is 0 Å². The Balaban J connectivity index is 2.05. The Labute approximate surface area is 86.5 Å². The first kappa shape index (κ1) is 9.72. The second kappa shape index (κ2) is 4.61. The van der Waals surface area contributed by atoms with Crippen molar-refractivity contribution in [2.45, 2.75) is 38.6 Å². The molecule has 1 nitrogen and oxygen atoms in total. The molecular formula is C13H19N. The van der Waals surface area contributed by atoms with E-state index in [1.165, 1.54) is 43.4 Å². The van der Waals surface area contributed by atoms with Crippen LogP contribution < -0.4 is 5.32 Å². The van der Waals surface area contributed by atoms with Gasteiger partial charge in [-0.2, -0.15) is 0 Å². The molecule has 1 aliphatic rings. The van der Waals surface area contributed by atoms with Crippen molar-refractivity contribution in [1.82, 2.24) is 5.32 Å². The molecule has 0 bridgehead atoms. The molecule has 0 spiro atoms. The summed E-state index contributed by atoms with van der Waals surface area (Å²) in [7, 11) is 0. The minimum Gasteiger partial charge on any atom is -0.310 e. The van der Waals surface area contributed by atoms with Gasteiger partial charge in [-0.25, -0.2) is 0 Å². The first-order chi connectivity index (χ1) is 6.90. The van der Waals surface area contributed by atoms with E-state index < -0.39 is 0 Å². The van der Waals surface area contributed by atoms with Gasteiger partial charge in [0.05, 0.1) is 0 Å². The third-order valence-electron chi connectivity index (χ3n) is 2.98. The van der Waals surface area contributed by atoms with Gasteiger partial charge in [0, 0.05) is 6.04 Å². The fourth-order valence-corrected chi connectivity index (χ4v) is 2.17. The first-order valence-electron chi connectivity index (χ1n) is 5.72. The standard InChI is InChI=1S/C13H19N/c1-2-4-11-6-8-12(9-7-11)13-5-3-10-14-13/h6-9,13-14H,2-5,10H2,1H3. The van der Waals surface area contributed by atoms with Gasteiger partial charge in [0.1, 0.15) is 0 Å². The van der Waals surface area contributed by atoms with Crippen LogP contribution in [0, 0.1) is 0 Å². The van der Waals surface area contributed by atoms with E-state index in [0.717, 1.165) is 0 Å². The van der Waals surface area contributed by atoms with Gasteiger partial charge in [-0.15, -0.1) is 0 Å². The van der Waals surface area contributed by atoms with Crippen molar-refractivity contribution in [3.05, 3.63) is 35.4 Å². The number of nitrogens with one attached hydrogen (secondary N) is 1. The lowest BCUT2D eigenvalue weighted by Gasteiger charge is -2.10. The van der Waals surface area contributed by atoms with Crippen LogP contribution in [0.25, 0.3) is 0 Å². The predicted molar refractivity (Wildman–Crippen MR) is 60.4 cm³/mol. The Bertz CT molecular complexity index is 270. The molecule has 1 heteroatoms. The predicted octanol–water partition coefficient (Wildman–Crippen LogP) is 3.06. The minimum absolute atomic E-state index is 0.616. The summed E-state index contributed by atoms with van der Waals surface area (Å²) in [6.45, 7) is 3.41. The van der Waals surface area contributed by atoms with Gasteiger partial charge in [0.15, 0.2) is 0 Å². The van der Waals surface area contributed by atoms with E-state index >= 15 is 0 Å². The maximum atomic E-state index is 3.52. The van der Waals surface area contributed by atoms with Crippen LogP contribution in [-0.2, 0) is 6.42 Å². The van der Waals surface area contributed by atoms with Crippen molar-refractivity contribution in [1.29, 1.82) is 0 Å². The normalized spacial score (nSPS) is 21.4. The van der Waals surface area contributed by atoms with Gasteiger partial charge in [0.2, 0.25) is 0 Å². The van der Waals surface area contributed by atoms with E-state index in [-0.39, 0.29) is 0 Å². The lowest BCUT2D eigenvalue weighted by molar-refractivity contribution is 0.647. The topological polar surface area (TPSA) is 12.0 Å². The molecule has 1 fully saturated rings. The van der Waals surface area contributed by atoms with E-state index in [4.69, 9.17) is 0 Å². The Kier molecular flexibility index (Phi) is 3.20. The second-order valence-electron chi connectivity index (χ2n) is 4.14. The molecule has 1 unspecified atom stereocenters. The molecule has 0 saturated carbocycles. The number of aryl methyl sites for hydroxylation is 1. The van der Waals surface area contributed by atoms with Gasteiger partial charge >= 0.3 is 0 Å². The molecule has 0 amide bonds. The summed E-state index contributed by atoms with van der Waals surface area (Å²) < 4.78 is 0. The van der Waals surface area contributed by atoms with Crippen LogP contribution in [0.3, 0.4) is 0 Å². The summed E-state index contributed by atoms with van der Waals surface area (Å²) in [6, 6.07) is 9.74. The Hall–Kier alpha value is -0.820. The fraction of sp³-hybridized carbons (Fsp3) is 0.538. The van der Waals surface area contributed by atoms with Crippen LogP contribution in [0.5, 0.6) is 0 Å². The third-order valence-corrected chi connectivity index (χ3v) is 2.98. The molecule has 1 heterocycles. The zero-order chi connectivity index (χ0) is 9.80. The van der Waals surface area contributed by atoms with Crippen molar-refractivity contribution in [3.8, 4) is 0 Å². The van der Waals surface area contributed by atoms with Crippen molar-refractivity contribution in [2.24, 2.45) is 0 Å². The monoisotopic (exact) mass is 189 g/mol. The highest BCUT2D eigenvalue weighted by Gasteiger charge is 2.15. The number of benzene rings is 1. The van der Waals surface area contributed by atoms with Crippen LogP contribution >= 0.6 is 0 Å². The highest BCUT2D eigenvalue weighted by atomic mass is 14.9. The minimum atomic E-state index is 0.616. The molecular weight excluding hydrogens is 170 g/mol. The quantitative estimate of drug-likeness (QED) is 0.770. The van der Waals surface area contributed by atoms with Crippen molar-refractivity contribution >= 4 is 0 Å². The molecule has 1 aliphatic heterocycles. The molecule has 0 radical (unpaired) electrons. The zero-order valence-electron chi connectivity index (χ0n) is 8.92. The molecule has 1 aromatic rings. The maximum Gasteiger partial charge on any atom is 0.0320 e. The summed E-state index contributed by atoms with van der Waals surface area (Å²) in [6.07, 6.45) is 5.06. The molecule has 76 valence electrons. The van der Waals surface area contributed by atoms with Gasteiger partial charge in [-0.3, -0.25) is 0 Å². The molecule has 0 aromatic heterocycles. The van der Waals surface area contributed by atoms with E-state index in [1.807, 2.05) is 0 Å². The third kappa shape index (κ3) is 2.16. The number of hydrogen-bond acceptors (Lipinski definition) is 1. The Morgan fingerprint density at radius 1 is 1.29 bits per heavy atom. The van der Waals surface area contributed by atoms with Gasteiger partial charge in [-0.1, -0.05) is 37.6 Å². The molecule has 1 aromatic carbocycles. The van der Waals surface area contributed by atoms with Crippen molar-refractivity contribution < 1.29 is 0 Å². The highest BCUT2D eigenvalue weighted by Crippen LogP contribution is 2.23. The van der Waals surface area contributed by atoms with Crippen LogP contribution in [0.4, 0.5) is 0 Å². The number of rotatable bonds is 3. The average molecular weight is 189 g/mol. The second-order valence-corrected chi connectivity index (χ2v) is 4.14. The lowest BCUT2D eigenvalue weighted by Crippen LogP contribution is -2.12. The summed E-state index contributed by atoms with van der Waals surface area (Å²) >= 11 is 0. The molecule has 14 heavy (non-hydrogen) atoms. The van der Waals surface area contributed by atoms with Crippen LogP contribution in [0.15, 0.2) is 24.3 Å². The van der Waals surface area contributed by atoms with E-state index in [2.05, 4.69) is 36.5 Å². The maximum absolute atomic E-state index is 3.52. The first-order valence-corrected chi connectivity index (χ1v) is 5.72. The van der Waals surface area contributed by atoms with E-state index in [9.17, 15) is 0 Å². The van der Waals surface area contributed by atoms with Crippen LogP contribution in [0.2, 0.25) is 0 Å². The smallest absolute Gasteiger partial charge is 0.0320 e. The fourth-order valence-electron chi connectivity index (χ4n) is 2.17. The number of hydrogen-bond donors (Lipinski definition) is 1. The zero-order valence-corrected chi connectivity index (χ0v) is 8.92. The highest BCUT2D eigenvalue weighted by molar-refractivity contribution is 5.25. The van der Waals surface area contributed by atoms with Gasteiger partial charge in [-0.05, 0) is 36.9 Å². The molecule has 1 atom stereocenters. The van der Waals surface area contributed by atoms with Crippen molar-refractivity contribution in [3.63, 3.8) is 0 Å². The largest absolute Gasteiger partial charge is 0.310 e. The molecule has 1 saturated heterocycles. The summed E-state index contributed by atoms with van der Waals surface area (Å²) in [5.41, 5.74) is 2.93. The molecule has 1 N–H and O–H groups in total.